The van der Waals surface area contributed by atoms with Gasteiger partial charge in [0.15, 0.2) is 0 Å². The zero-order valence-corrected chi connectivity index (χ0v) is 11.3. The quantitative estimate of drug-likeness (QED) is 0.791. The lowest BCUT2D eigenvalue weighted by atomic mass is 9.94. The van der Waals surface area contributed by atoms with Gasteiger partial charge in [-0.3, -0.25) is 0 Å². The van der Waals surface area contributed by atoms with Crippen LogP contribution in [0.5, 0.6) is 0 Å². The van der Waals surface area contributed by atoms with E-state index in [1.54, 1.807) is 0 Å². The van der Waals surface area contributed by atoms with Gasteiger partial charge in [0.05, 0.1) is 0 Å². The monoisotopic (exact) mass is 261 g/mol. The van der Waals surface area contributed by atoms with Crippen LogP contribution >= 0.6 is 11.6 Å². The number of hydrogen-bond donors (Lipinski definition) is 1. The molecule has 0 aromatic heterocycles. The van der Waals surface area contributed by atoms with E-state index in [2.05, 4.69) is 60.7 Å². The Morgan fingerprint density at radius 2 is 1.11 bits per heavy atom. The van der Waals surface area contributed by atoms with Crippen molar-refractivity contribution in [3.05, 3.63) is 71.8 Å². The smallest absolute Gasteiger partial charge is 0.0258 e. The van der Waals surface area contributed by atoms with Crippen LogP contribution < -0.4 is 6.15 Å². The third-order valence-electron chi connectivity index (χ3n) is 2.95. The van der Waals surface area contributed by atoms with Crippen LogP contribution in [-0.4, -0.2) is 5.88 Å². The molecule has 0 aliphatic rings. The summed E-state index contributed by atoms with van der Waals surface area (Å²) in [5, 5.41) is 0. The molecule has 96 valence electrons. The maximum atomic E-state index is 6.07. The van der Waals surface area contributed by atoms with E-state index in [-0.39, 0.29) is 6.15 Å². The van der Waals surface area contributed by atoms with E-state index in [9.17, 15) is 0 Å². The van der Waals surface area contributed by atoms with Crippen LogP contribution in [0, 0.1) is 5.92 Å². The average Bonchev–Trinajstić information content (AvgIpc) is 2.40. The minimum Gasteiger partial charge on any atom is -0.344 e. The Morgan fingerprint density at radius 1 is 0.722 bits per heavy atom. The fourth-order valence-electron chi connectivity index (χ4n) is 2.08. The molecule has 2 aromatic carbocycles. The zero-order chi connectivity index (χ0) is 11.9. The molecular weight excluding hydrogens is 242 g/mol. The molecule has 3 N–H and O–H groups in total. The van der Waals surface area contributed by atoms with Gasteiger partial charge >= 0.3 is 0 Å². The van der Waals surface area contributed by atoms with Gasteiger partial charge in [0.2, 0.25) is 0 Å². The second-order valence-corrected chi connectivity index (χ2v) is 4.71. The maximum Gasteiger partial charge on any atom is 0.0258 e. The summed E-state index contributed by atoms with van der Waals surface area (Å²) in [4.78, 5) is 0. The van der Waals surface area contributed by atoms with Crippen LogP contribution in [-0.2, 0) is 12.8 Å². The molecule has 0 unspecified atom stereocenters. The molecule has 0 radical (unpaired) electrons. The first-order chi connectivity index (χ1) is 8.38. The summed E-state index contributed by atoms with van der Waals surface area (Å²) in [7, 11) is 0. The first kappa shape index (κ1) is 14.7. The van der Waals surface area contributed by atoms with Crippen molar-refractivity contribution < 1.29 is 0 Å². The van der Waals surface area contributed by atoms with E-state index < -0.39 is 0 Å². The Kier molecular flexibility index (Phi) is 6.48. The highest BCUT2D eigenvalue weighted by molar-refractivity contribution is 6.18. The summed E-state index contributed by atoms with van der Waals surface area (Å²) in [5.74, 6) is 1.23. The number of rotatable bonds is 5. The first-order valence-electron chi connectivity index (χ1n) is 6.02. The van der Waals surface area contributed by atoms with Gasteiger partial charge in [0, 0.05) is 5.88 Å². The van der Waals surface area contributed by atoms with Crippen molar-refractivity contribution in [3.8, 4) is 0 Å². The summed E-state index contributed by atoms with van der Waals surface area (Å²) in [6, 6.07) is 21.1. The van der Waals surface area contributed by atoms with Gasteiger partial charge in [-0.1, -0.05) is 60.7 Å². The Bertz CT molecular complexity index is 386. The fourth-order valence-corrected chi connectivity index (χ4v) is 2.29. The highest BCUT2D eigenvalue weighted by Gasteiger charge is 2.09. The second-order valence-electron chi connectivity index (χ2n) is 4.40. The minimum atomic E-state index is 0. The molecular formula is C16H20ClN. The molecule has 1 nitrogen and oxygen atoms in total. The van der Waals surface area contributed by atoms with Gasteiger partial charge in [-0.15, -0.1) is 11.6 Å². The number of benzene rings is 2. The summed E-state index contributed by atoms with van der Waals surface area (Å²) in [6.07, 6.45) is 2.11. The molecule has 0 spiro atoms. The van der Waals surface area contributed by atoms with E-state index in [1.807, 2.05) is 0 Å². The lowest BCUT2D eigenvalue weighted by Gasteiger charge is -2.13. The van der Waals surface area contributed by atoms with Gasteiger partial charge in [0.25, 0.3) is 0 Å². The number of halogens is 1. The van der Waals surface area contributed by atoms with Gasteiger partial charge in [0.1, 0.15) is 0 Å². The van der Waals surface area contributed by atoms with Crippen LogP contribution in [0.25, 0.3) is 0 Å². The van der Waals surface area contributed by atoms with Crippen LogP contribution in [0.15, 0.2) is 60.7 Å². The molecule has 0 fully saturated rings. The predicted molar refractivity (Wildman–Crippen MR) is 79.5 cm³/mol. The van der Waals surface area contributed by atoms with Crippen molar-refractivity contribution in [1.82, 2.24) is 6.15 Å². The van der Waals surface area contributed by atoms with Crippen molar-refractivity contribution in [1.29, 1.82) is 0 Å². The fraction of sp³-hybridized carbons (Fsp3) is 0.250. The van der Waals surface area contributed by atoms with Gasteiger partial charge in [-0.2, -0.15) is 0 Å². The molecule has 0 heterocycles. The standard InChI is InChI=1S/C16H17Cl.H3N/c17-13-16(11-14-7-3-1-4-8-14)12-15-9-5-2-6-10-15;/h1-10,16H,11-13H2;1H3. The topological polar surface area (TPSA) is 35.0 Å². The largest absolute Gasteiger partial charge is 0.344 e. The Morgan fingerprint density at radius 3 is 1.44 bits per heavy atom. The van der Waals surface area contributed by atoms with Gasteiger partial charge in [-0.05, 0) is 29.9 Å². The van der Waals surface area contributed by atoms with Crippen LogP contribution in [0.3, 0.4) is 0 Å². The number of hydrogen-bond acceptors (Lipinski definition) is 1. The minimum absolute atomic E-state index is 0. The van der Waals surface area contributed by atoms with Gasteiger partial charge < -0.3 is 6.15 Å². The molecule has 0 aliphatic carbocycles. The Balaban J connectivity index is 0.00000162. The van der Waals surface area contributed by atoms with Crippen molar-refractivity contribution in [2.24, 2.45) is 5.92 Å². The van der Waals surface area contributed by atoms with E-state index in [0.717, 1.165) is 12.8 Å². The Hall–Kier alpha value is -1.31. The van der Waals surface area contributed by atoms with Crippen molar-refractivity contribution in [3.63, 3.8) is 0 Å². The van der Waals surface area contributed by atoms with Gasteiger partial charge in [-0.25, -0.2) is 0 Å². The van der Waals surface area contributed by atoms with Crippen LogP contribution in [0.4, 0.5) is 0 Å². The molecule has 2 rings (SSSR count). The van der Waals surface area contributed by atoms with Crippen molar-refractivity contribution in [2.75, 3.05) is 5.88 Å². The lowest BCUT2D eigenvalue weighted by molar-refractivity contribution is 0.584. The molecule has 2 aromatic rings. The normalized spacial score (nSPS) is 10.1. The third kappa shape index (κ3) is 4.52. The highest BCUT2D eigenvalue weighted by Crippen LogP contribution is 2.16. The first-order valence-corrected chi connectivity index (χ1v) is 6.56. The zero-order valence-electron chi connectivity index (χ0n) is 10.6. The molecule has 0 atom stereocenters. The van der Waals surface area contributed by atoms with Crippen molar-refractivity contribution >= 4 is 11.6 Å². The summed E-state index contributed by atoms with van der Waals surface area (Å²) in [5.41, 5.74) is 2.74. The molecule has 2 heteroatoms. The highest BCUT2D eigenvalue weighted by atomic mass is 35.5. The summed E-state index contributed by atoms with van der Waals surface area (Å²) in [6.45, 7) is 0. The Labute approximate surface area is 114 Å². The molecule has 0 amide bonds. The number of alkyl halides is 1. The average molecular weight is 262 g/mol. The molecule has 0 saturated carbocycles. The van der Waals surface area contributed by atoms with E-state index >= 15 is 0 Å². The van der Waals surface area contributed by atoms with E-state index in [1.165, 1.54) is 11.1 Å². The molecule has 0 saturated heterocycles. The lowest BCUT2D eigenvalue weighted by Crippen LogP contribution is -2.10. The maximum absolute atomic E-state index is 6.07. The van der Waals surface area contributed by atoms with Crippen LogP contribution in [0.1, 0.15) is 11.1 Å². The van der Waals surface area contributed by atoms with E-state index in [4.69, 9.17) is 11.6 Å². The summed E-state index contributed by atoms with van der Waals surface area (Å²) >= 11 is 6.07. The molecule has 18 heavy (non-hydrogen) atoms. The second kappa shape index (κ2) is 7.91. The van der Waals surface area contributed by atoms with Crippen LogP contribution in [0.2, 0.25) is 0 Å². The SMILES string of the molecule is ClCC(Cc1ccccc1)Cc1ccccc1.N. The predicted octanol–water partition coefficient (Wildman–Crippen LogP) is 4.49. The summed E-state index contributed by atoms with van der Waals surface area (Å²) < 4.78 is 0. The third-order valence-corrected chi connectivity index (χ3v) is 3.39. The molecule has 0 bridgehead atoms. The van der Waals surface area contributed by atoms with Crippen molar-refractivity contribution in [2.45, 2.75) is 12.8 Å². The molecule has 0 aliphatic heterocycles. The van der Waals surface area contributed by atoms with E-state index in [0.29, 0.717) is 11.8 Å².